The van der Waals surface area contributed by atoms with Gasteiger partial charge in [-0.15, -0.1) is 0 Å². The van der Waals surface area contributed by atoms with Crippen molar-refractivity contribution in [1.29, 1.82) is 0 Å². The molecule has 0 bridgehead atoms. The Morgan fingerprint density at radius 3 is 2.31 bits per heavy atom. The topological polar surface area (TPSA) is 55.1 Å². The number of carbonyl (C=O) groups is 1. The average molecular weight is 220 g/mol. The summed E-state index contributed by atoms with van der Waals surface area (Å²) in [5.41, 5.74) is 7.81. The van der Waals surface area contributed by atoms with Crippen molar-refractivity contribution in [2.45, 2.75) is 33.2 Å². The fraction of sp³-hybridized carbons (Fsp3) is 0.462. The Morgan fingerprint density at radius 2 is 1.88 bits per heavy atom. The highest BCUT2D eigenvalue weighted by molar-refractivity contribution is 5.94. The Balaban J connectivity index is 2.62. The largest absolute Gasteiger partial charge is 0.325 e. The Hall–Kier alpha value is -1.35. The molecular weight excluding hydrogens is 200 g/mol. The maximum atomic E-state index is 11.7. The number of nitrogens with two attached hydrogens (primary N) is 1. The zero-order chi connectivity index (χ0) is 12.1. The number of hydrogen-bond acceptors (Lipinski definition) is 2. The van der Waals surface area contributed by atoms with Crippen molar-refractivity contribution in [3.63, 3.8) is 0 Å². The van der Waals surface area contributed by atoms with E-state index in [0.29, 0.717) is 0 Å². The van der Waals surface area contributed by atoms with Gasteiger partial charge in [0, 0.05) is 5.69 Å². The average Bonchev–Trinajstić information content (AvgIpc) is 2.28. The lowest BCUT2D eigenvalue weighted by atomic mass is 10.0. The van der Waals surface area contributed by atoms with E-state index in [-0.39, 0.29) is 11.8 Å². The highest BCUT2D eigenvalue weighted by Crippen LogP contribution is 2.11. The lowest BCUT2D eigenvalue weighted by Gasteiger charge is -2.15. The molecule has 0 radical (unpaired) electrons. The summed E-state index contributed by atoms with van der Waals surface area (Å²) < 4.78 is 0. The van der Waals surface area contributed by atoms with Crippen LogP contribution in [-0.4, -0.2) is 11.9 Å². The summed E-state index contributed by atoms with van der Waals surface area (Å²) >= 11 is 0. The molecule has 0 fully saturated rings. The zero-order valence-electron chi connectivity index (χ0n) is 10.2. The van der Waals surface area contributed by atoms with Crippen molar-refractivity contribution in [3.8, 4) is 0 Å². The molecule has 3 nitrogen and oxygen atoms in total. The number of amides is 1. The number of rotatable bonds is 4. The molecule has 1 rings (SSSR count). The predicted molar refractivity (Wildman–Crippen MR) is 67.3 cm³/mol. The molecule has 3 N–H and O–H groups in total. The molecule has 0 aliphatic rings. The predicted octanol–water partition coefficient (Wildman–Crippen LogP) is 2.17. The molecule has 1 aromatic carbocycles. The summed E-state index contributed by atoms with van der Waals surface area (Å²) in [6.07, 6.45) is 1.000. The quantitative estimate of drug-likeness (QED) is 0.817. The Kier molecular flexibility index (Phi) is 4.50. The summed E-state index contributed by atoms with van der Waals surface area (Å²) in [6.45, 7) is 5.97. The third kappa shape index (κ3) is 3.35. The smallest absolute Gasteiger partial charge is 0.241 e. The number of benzene rings is 1. The van der Waals surface area contributed by atoms with Crippen LogP contribution in [0, 0.1) is 5.92 Å². The summed E-state index contributed by atoms with van der Waals surface area (Å²) in [5, 5.41) is 2.81. The summed E-state index contributed by atoms with van der Waals surface area (Å²) in [7, 11) is 0. The van der Waals surface area contributed by atoms with Crippen molar-refractivity contribution in [3.05, 3.63) is 29.8 Å². The second-order valence-electron chi connectivity index (χ2n) is 4.31. The van der Waals surface area contributed by atoms with Gasteiger partial charge >= 0.3 is 0 Å². The highest BCUT2D eigenvalue weighted by atomic mass is 16.2. The second kappa shape index (κ2) is 5.66. The first kappa shape index (κ1) is 12.7. The number of carbonyl (C=O) groups excluding carboxylic acids is 1. The Morgan fingerprint density at radius 1 is 1.31 bits per heavy atom. The van der Waals surface area contributed by atoms with Crippen LogP contribution in [0.25, 0.3) is 0 Å². The molecule has 88 valence electrons. The third-order valence-electron chi connectivity index (χ3n) is 2.65. The lowest BCUT2D eigenvalue weighted by Crippen LogP contribution is -2.39. The van der Waals surface area contributed by atoms with Crippen molar-refractivity contribution < 1.29 is 4.79 Å². The molecule has 0 unspecified atom stereocenters. The molecule has 0 spiro atoms. The van der Waals surface area contributed by atoms with Crippen molar-refractivity contribution in [1.82, 2.24) is 0 Å². The van der Waals surface area contributed by atoms with Crippen LogP contribution < -0.4 is 11.1 Å². The molecule has 0 saturated heterocycles. The molecule has 1 atom stereocenters. The first-order chi connectivity index (χ1) is 7.54. The van der Waals surface area contributed by atoms with E-state index >= 15 is 0 Å². The van der Waals surface area contributed by atoms with E-state index in [2.05, 4.69) is 12.2 Å². The van der Waals surface area contributed by atoms with Gasteiger partial charge in [-0.25, -0.2) is 0 Å². The zero-order valence-corrected chi connectivity index (χ0v) is 10.2. The molecule has 0 aromatic heterocycles. The molecule has 16 heavy (non-hydrogen) atoms. The minimum Gasteiger partial charge on any atom is -0.325 e. The van der Waals surface area contributed by atoms with E-state index in [0.717, 1.165) is 12.1 Å². The maximum absolute atomic E-state index is 11.7. The molecule has 1 aromatic rings. The van der Waals surface area contributed by atoms with Crippen molar-refractivity contribution >= 4 is 11.6 Å². The number of nitrogens with one attached hydrogen (secondary N) is 1. The van der Waals surface area contributed by atoms with Gasteiger partial charge in [-0.2, -0.15) is 0 Å². The fourth-order valence-corrected chi connectivity index (χ4v) is 1.35. The third-order valence-corrected chi connectivity index (χ3v) is 2.65. The minimum absolute atomic E-state index is 0.126. The molecule has 0 heterocycles. The van der Waals surface area contributed by atoms with E-state index in [4.69, 9.17) is 5.73 Å². The molecule has 1 amide bonds. The molecule has 0 aliphatic heterocycles. The molecular formula is C13H20N2O. The number of hydrogen-bond donors (Lipinski definition) is 2. The Bertz CT molecular complexity index is 343. The van der Waals surface area contributed by atoms with Gasteiger partial charge in [-0.1, -0.05) is 32.9 Å². The van der Waals surface area contributed by atoms with Gasteiger partial charge < -0.3 is 11.1 Å². The van der Waals surface area contributed by atoms with Crippen LogP contribution in [-0.2, 0) is 11.2 Å². The van der Waals surface area contributed by atoms with Gasteiger partial charge in [0.25, 0.3) is 0 Å². The van der Waals surface area contributed by atoms with Gasteiger partial charge in [0.15, 0.2) is 0 Å². The number of anilines is 1. The first-order valence-corrected chi connectivity index (χ1v) is 5.70. The molecule has 0 aliphatic carbocycles. The van der Waals surface area contributed by atoms with E-state index in [9.17, 15) is 4.79 Å². The molecule has 3 heteroatoms. The van der Waals surface area contributed by atoms with Crippen LogP contribution in [0.2, 0.25) is 0 Å². The standard InChI is InChI=1S/C13H20N2O/c1-4-10-5-7-11(8-6-10)15-13(16)12(14)9(2)3/h5-9,12H,4,14H2,1-3H3,(H,15,16)/t12-/m0/s1. The molecule has 0 saturated carbocycles. The van der Waals surface area contributed by atoms with Gasteiger partial charge in [0.1, 0.15) is 0 Å². The van der Waals surface area contributed by atoms with Crippen LogP contribution in [0.5, 0.6) is 0 Å². The van der Waals surface area contributed by atoms with Crippen LogP contribution >= 0.6 is 0 Å². The summed E-state index contributed by atoms with van der Waals surface area (Å²) in [5.74, 6) is 0.0224. The SMILES string of the molecule is CCc1ccc(NC(=O)[C@@H](N)C(C)C)cc1. The maximum Gasteiger partial charge on any atom is 0.241 e. The van der Waals surface area contributed by atoms with Crippen molar-refractivity contribution in [2.24, 2.45) is 11.7 Å². The summed E-state index contributed by atoms with van der Waals surface area (Å²) in [6, 6.07) is 7.38. The second-order valence-corrected chi connectivity index (χ2v) is 4.31. The Labute approximate surface area is 97.0 Å². The van der Waals surface area contributed by atoms with Crippen LogP contribution in [0.1, 0.15) is 26.3 Å². The monoisotopic (exact) mass is 220 g/mol. The van der Waals surface area contributed by atoms with E-state index in [1.807, 2.05) is 38.1 Å². The van der Waals surface area contributed by atoms with Gasteiger partial charge in [0.05, 0.1) is 6.04 Å². The van der Waals surface area contributed by atoms with E-state index in [1.165, 1.54) is 5.56 Å². The van der Waals surface area contributed by atoms with Crippen molar-refractivity contribution in [2.75, 3.05) is 5.32 Å². The van der Waals surface area contributed by atoms with Crippen LogP contribution in [0.15, 0.2) is 24.3 Å². The van der Waals surface area contributed by atoms with Gasteiger partial charge in [-0.3, -0.25) is 4.79 Å². The van der Waals surface area contributed by atoms with Crippen LogP contribution in [0.4, 0.5) is 5.69 Å². The van der Waals surface area contributed by atoms with E-state index in [1.54, 1.807) is 0 Å². The van der Waals surface area contributed by atoms with Gasteiger partial charge in [0.2, 0.25) is 5.91 Å². The number of aryl methyl sites for hydroxylation is 1. The minimum atomic E-state index is -0.453. The highest BCUT2D eigenvalue weighted by Gasteiger charge is 2.16. The van der Waals surface area contributed by atoms with E-state index < -0.39 is 6.04 Å². The summed E-state index contributed by atoms with van der Waals surface area (Å²) in [4.78, 5) is 11.7. The van der Waals surface area contributed by atoms with Gasteiger partial charge in [-0.05, 0) is 30.0 Å². The normalized spacial score (nSPS) is 12.6. The first-order valence-electron chi connectivity index (χ1n) is 5.70. The lowest BCUT2D eigenvalue weighted by molar-refractivity contribution is -0.118. The fourth-order valence-electron chi connectivity index (χ4n) is 1.35. The van der Waals surface area contributed by atoms with Crippen LogP contribution in [0.3, 0.4) is 0 Å².